The first-order valence-electron chi connectivity index (χ1n) is 8.90. The summed E-state index contributed by atoms with van der Waals surface area (Å²) in [5, 5.41) is 6.57. The summed E-state index contributed by atoms with van der Waals surface area (Å²) < 4.78 is 22.2. The number of nitrogens with one attached hydrogen (secondary N) is 2. The van der Waals surface area contributed by atoms with Gasteiger partial charge in [-0.3, -0.25) is 9.89 Å². The van der Waals surface area contributed by atoms with E-state index in [1.165, 1.54) is 38.5 Å². The molecule has 1 unspecified atom stereocenters. The maximum absolute atomic E-state index is 11.1. The van der Waals surface area contributed by atoms with Crippen LogP contribution in [0.2, 0.25) is 0 Å². The van der Waals surface area contributed by atoms with E-state index in [0.717, 1.165) is 31.6 Å². The molecule has 1 fully saturated rings. The first-order valence-corrected chi connectivity index (χ1v) is 11.0. The highest BCUT2D eigenvalue weighted by atomic mass is 32.2. The van der Waals surface area contributed by atoms with Gasteiger partial charge in [-0.15, -0.1) is 0 Å². The number of likely N-dealkylation sites (tertiary alicyclic amines) is 1. The SMILES string of the molecule is CCNC(=NCCCS(C)(=O)=O)NCCN1CCCCC1CC. The van der Waals surface area contributed by atoms with Crippen molar-refractivity contribution < 1.29 is 8.42 Å². The highest BCUT2D eigenvalue weighted by Gasteiger charge is 2.19. The zero-order chi connectivity index (χ0) is 17.1. The fraction of sp³-hybridized carbons (Fsp3) is 0.938. The molecule has 6 nitrogen and oxygen atoms in total. The summed E-state index contributed by atoms with van der Waals surface area (Å²) in [6.07, 6.45) is 7.03. The summed E-state index contributed by atoms with van der Waals surface area (Å²) in [7, 11) is -2.89. The topological polar surface area (TPSA) is 73.8 Å². The molecule has 0 saturated carbocycles. The highest BCUT2D eigenvalue weighted by Crippen LogP contribution is 2.18. The van der Waals surface area contributed by atoms with Crippen molar-refractivity contribution in [3.63, 3.8) is 0 Å². The Morgan fingerprint density at radius 2 is 2.04 bits per heavy atom. The first-order chi connectivity index (χ1) is 11.0. The number of hydrogen-bond acceptors (Lipinski definition) is 4. The average molecular weight is 347 g/mol. The van der Waals surface area contributed by atoms with Crippen LogP contribution >= 0.6 is 0 Å². The standard InChI is InChI=1S/C16H34N4O2S/c1-4-15-9-6-7-12-20(15)13-11-19-16(17-5-2)18-10-8-14-23(3,21)22/h15H,4-14H2,1-3H3,(H2,17,18,19). The van der Waals surface area contributed by atoms with Crippen LogP contribution in [0, 0.1) is 0 Å². The number of piperidine rings is 1. The monoisotopic (exact) mass is 346 g/mol. The van der Waals surface area contributed by atoms with Gasteiger partial charge in [0.05, 0.1) is 5.75 Å². The highest BCUT2D eigenvalue weighted by molar-refractivity contribution is 7.90. The molecule has 1 heterocycles. The number of sulfone groups is 1. The van der Waals surface area contributed by atoms with E-state index in [9.17, 15) is 8.42 Å². The molecule has 1 aliphatic heterocycles. The lowest BCUT2D eigenvalue weighted by atomic mass is 10.0. The van der Waals surface area contributed by atoms with Crippen molar-refractivity contribution >= 4 is 15.8 Å². The summed E-state index contributed by atoms with van der Waals surface area (Å²) in [5.41, 5.74) is 0. The van der Waals surface area contributed by atoms with Crippen molar-refractivity contribution in [2.45, 2.75) is 52.0 Å². The van der Waals surface area contributed by atoms with Crippen molar-refractivity contribution in [2.75, 3.05) is 44.7 Å². The van der Waals surface area contributed by atoms with Gasteiger partial charge in [0.15, 0.2) is 5.96 Å². The molecule has 0 aromatic heterocycles. The first kappa shape index (κ1) is 20.2. The van der Waals surface area contributed by atoms with Gasteiger partial charge >= 0.3 is 0 Å². The van der Waals surface area contributed by atoms with Crippen molar-refractivity contribution in [3.05, 3.63) is 0 Å². The second-order valence-electron chi connectivity index (χ2n) is 6.26. The molecule has 0 bridgehead atoms. The fourth-order valence-electron chi connectivity index (χ4n) is 2.99. The predicted octanol–water partition coefficient (Wildman–Crippen LogP) is 1.24. The summed E-state index contributed by atoms with van der Waals surface area (Å²) in [6, 6.07) is 0.722. The summed E-state index contributed by atoms with van der Waals surface area (Å²) in [6.45, 7) is 8.74. The third-order valence-electron chi connectivity index (χ3n) is 4.20. The van der Waals surface area contributed by atoms with Gasteiger partial charge in [-0.2, -0.15) is 0 Å². The molecule has 1 atom stereocenters. The zero-order valence-electron chi connectivity index (χ0n) is 15.0. The van der Waals surface area contributed by atoms with Crippen LogP contribution in [0.1, 0.15) is 46.0 Å². The largest absolute Gasteiger partial charge is 0.357 e. The van der Waals surface area contributed by atoms with Crippen molar-refractivity contribution in [1.29, 1.82) is 0 Å². The Morgan fingerprint density at radius 3 is 2.70 bits per heavy atom. The number of guanidine groups is 1. The van der Waals surface area contributed by atoms with Gasteiger partial charge < -0.3 is 10.6 Å². The van der Waals surface area contributed by atoms with Gasteiger partial charge in [-0.1, -0.05) is 13.3 Å². The minimum absolute atomic E-state index is 0.196. The maximum atomic E-state index is 11.1. The molecule has 0 radical (unpaired) electrons. The fourth-order valence-corrected chi connectivity index (χ4v) is 3.65. The summed E-state index contributed by atoms with van der Waals surface area (Å²) >= 11 is 0. The van der Waals surface area contributed by atoms with Crippen molar-refractivity contribution in [1.82, 2.24) is 15.5 Å². The molecule has 0 aliphatic carbocycles. The smallest absolute Gasteiger partial charge is 0.191 e. The Labute approximate surface area is 142 Å². The van der Waals surface area contributed by atoms with Crippen molar-refractivity contribution in [2.24, 2.45) is 4.99 Å². The normalized spacial score (nSPS) is 20.5. The minimum Gasteiger partial charge on any atom is -0.357 e. The average Bonchev–Trinajstić information content (AvgIpc) is 2.51. The molecule has 1 aliphatic rings. The molecule has 0 spiro atoms. The summed E-state index contributed by atoms with van der Waals surface area (Å²) in [4.78, 5) is 7.02. The lowest BCUT2D eigenvalue weighted by Crippen LogP contribution is -2.46. The van der Waals surface area contributed by atoms with E-state index in [1.54, 1.807) is 0 Å². The number of hydrogen-bond donors (Lipinski definition) is 2. The lowest BCUT2D eigenvalue weighted by Gasteiger charge is -2.35. The van der Waals surface area contributed by atoms with E-state index in [-0.39, 0.29) is 5.75 Å². The molecule has 7 heteroatoms. The third-order valence-corrected chi connectivity index (χ3v) is 5.23. The zero-order valence-corrected chi connectivity index (χ0v) is 15.8. The molecule has 1 rings (SSSR count). The van der Waals surface area contributed by atoms with E-state index < -0.39 is 9.84 Å². The van der Waals surface area contributed by atoms with E-state index in [1.807, 2.05) is 6.92 Å². The molecular weight excluding hydrogens is 312 g/mol. The van der Waals surface area contributed by atoms with Crippen LogP contribution in [0.5, 0.6) is 0 Å². The number of rotatable bonds is 9. The van der Waals surface area contributed by atoms with Crippen LogP contribution in [0.3, 0.4) is 0 Å². The van der Waals surface area contributed by atoms with E-state index in [4.69, 9.17) is 0 Å². The lowest BCUT2D eigenvalue weighted by molar-refractivity contribution is 0.147. The molecular formula is C16H34N4O2S. The predicted molar refractivity (Wildman–Crippen MR) is 97.8 cm³/mol. The van der Waals surface area contributed by atoms with Crippen LogP contribution in [0.15, 0.2) is 4.99 Å². The molecule has 2 N–H and O–H groups in total. The Hall–Kier alpha value is -0.820. The number of nitrogens with zero attached hydrogens (tertiary/aromatic N) is 2. The molecule has 0 aromatic carbocycles. The Balaban J connectivity index is 2.34. The van der Waals surface area contributed by atoms with E-state index in [2.05, 4.69) is 27.4 Å². The Kier molecular flexibility index (Phi) is 9.55. The maximum Gasteiger partial charge on any atom is 0.191 e. The molecule has 1 saturated heterocycles. The van der Waals surface area contributed by atoms with E-state index in [0.29, 0.717) is 13.0 Å². The minimum atomic E-state index is -2.89. The Bertz CT molecular complexity index is 451. The van der Waals surface area contributed by atoms with Gasteiger partial charge in [0.1, 0.15) is 9.84 Å². The third kappa shape index (κ3) is 9.15. The quantitative estimate of drug-likeness (QED) is 0.373. The molecule has 23 heavy (non-hydrogen) atoms. The van der Waals surface area contributed by atoms with Gasteiger partial charge in [-0.05, 0) is 39.2 Å². The van der Waals surface area contributed by atoms with Gasteiger partial charge in [0, 0.05) is 38.5 Å². The second kappa shape index (κ2) is 10.9. The van der Waals surface area contributed by atoms with Crippen molar-refractivity contribution in [3.8, 4) is 0 Å². The Morgan fingerprint density at radius 1 is 1.26 bits per heavy atom. The van der Waals surface area contributed by atoms with Crippen LogP contribution in [0.25, 0.3) is 0 Å². The molecule has 0 amide bonds. The second-order valence-corrected chi connectivity index (χ2v) is 8.52. The molecule has 0 aromatic rings. The van der Waals surface area contributed by atoms with Gasteiger partial charge in [0.2, 0.25) is 0 Å². The van der Waals surface area contributed by atoms with E-state index >= 15 is 0 Å². The number of aliphatic imine (C=N–C) groups is 1. The summed E-state index contributed by atoms with van der Waals surface area (Å²) in [5.74, 6) is 0.980. The molecule has 136 valence electrons. The van der Waals surface area contributed by atoms with Crippen LogP contribution in [-0.4, -0.2) is 70.1 Å². The van der Waals surface area contributed by atoms with Gasteiger partial charge in [0.25, 0.3) is 0 Å². The van der Waals surface area contributed by atoms with Crippen LogP contribution in [-0.2, 0) is 9.84 Å². The van der Waals surface area contributed by atoms with Crippen LogP contribution in [0.4, 0.5) is 0 Å². The van der Waals surface area contributed by atoms with Crippen LogP contribution < -0.4 is 10.6 Å². The van der Waals surface area contributed by atoms with Gasteiger partial charge in [-0.25, -0.2) is 8.42 Å².